The van der Waals surface area contributed by atoms with Gasteiger partial charge < -0.3 is 9.26 Å². The first-order valence-corrected chi connectivity index (χ1v) is 10.4. The molecule has 0 bridgehead atoms. The second-order valence-electron chi connectivity index (χ2n) is 6.23. The predicted octanol–water partition coefficient (Wildman–Crippen LogP) is 4.02. The summed E-state index contributed by atoms with van der Waals surface area (Å²) < 4.78 is 12.4. The normalized spacial score (nSPS) is 11.1. The van der Waals surface area contributed by atoms with Gasteiger partial charge in [-0.1, -0.05) is 36.0 Å². The molecule has 0 saturated carbocycles. The average Bonchev–Trinajstić information content (AvgIpc) is 3.22. The summed E-state index contributed by atoms with van der Waals surface area (Å²) in [5.41, 5.74) is 1.25. The van der Waals surface area contributed by atoms with Crippen LogP contribution in [0.1, 0.15) is 25.6 Å². The van der Waals surface area contributed by atoms with Crippen LogP contribution in [0.4, 0.5) is 0 Å². The van der Waals surface area contributed by atoms with Gasteiger partial charge in [-0.15, -0.1) is 0 Å². The van der Waals surface area contributed by atoms with E-state index in [0.29, 0.717) is 46.6 Å². The van der Waals surface area contributed by atoms with E-state index in [-0.39, 0.29) is 5.56 Å². The van der Waals surface area contributed by atoms with Crippen molar-refractivity contribution in [3.8, 4) is 11.4 Å². The number of aromatic nitrogens is 4. The molecule has 0 aliphatic rings. The molecule has 0 radical (unpaired) electrons. The maximum absolute atomic E-state index is 13.2. The van der Waals surface area contributed by atoms with Gasteiger partial charge in [-0.25, -0.2) is 4.98 Å². The summed E-state index contributed by atoms with van der Waals surface area (Å²) in [6.07, 6.45) is 0.708. The van der Waals surface area contributed by atoms with Gasteiger partial charge in [0.05, 0.1) is 29.0 Å². The molecule has 8 heteroatoms. The van der Waals surface area contributed by atoms with Gasteiger partial charge in [0, 0.05) is 6.42 Å². The zero-order valence-electron chi connectivity index (χ0n) is 16.2. The fourth-order valence-electron chi connectivity index (χ4n) is 2.91. The lowest BCUT2D eigenvalue weighted by molar-refractivity contribution is 0.340. The Morgan fingerprint density at radius 1 is 1.07 bits per heavy atom. The van der Waals surface area contributed by atoms with Crippen LogP contribution in [0, 0.1) is 0 Å². The van der Waals surface area contributed by atoms with Crippen LogP contribution in [-0.2, 0) is 12.2 Å². The lowest BCUT2D eigenvalue weighted by Gasteiger charge is -2.13. The number of ether oxygens (including phenoxy) is 1. The van der Waals surface area contributed by atoms with Crippen molar-refractivity contribution >= 4 is 22.7 Å². The van der Waals surface area contributed by atoms with E-state index in [4.69, 9.17) is 14.2 Å². The molecule has 0 amide bonds. The van der Waals surface area contributed by atoms with E-state index in [2.05, 4.69) is 10.1 Å². The van der Waals surface area contributed by atoms with Crippen LogP contribution < -0.4 is 10.3 Å². The molecule has 148 valence electrons. The van der Waals surface area contributed by atoms with E-state index in [0.717, 1.165) is 11.4 Å². The lowest BCUT2D eigenvalue weighted by Crippen LogP contribution is -2.21. The maximum Gasteiger partial charge on any atom is 0.266 e. The summed E-state index contributed by atoms with van der Waals surface area (Å²) in [5.74, 6) is 2.35. The highest BCUT2D eigenvalue weighted by atomic mass is 32.2. The minimum absolute atomic E-state index is 0.123. The molecule has 0 atom stereocenters. The predicted molar refractivity (Wildman–Crippen MR) is 112 cm³/mol. The summed E-state index contributed by atoms with van der Waals surface area (Å²) in [4.78, 5) is 22.3. The summed E-state index contributed by atoms with van der Waals surface area (Å²) in [5, 5.41) is 5.05. The topological polar surface area (TPSA) is 83.0 Å². The number of fused-ring (bicyclic) bond motifs is 1. The Labute approximate surface area is 171 Å². The number of rotatable bonds is 7. The molecule has 0 N–H and O–H groups in total. The molecule has 4 rings (SSSR count). The summed E-state index contributed by atoms with van der Waals surface area (Å²) in [6, 6.07) is 14.7. The number of hydrogen-bond donors (Lipinski definition) is 0. The third-order valence-corrected chi connectivity index (χ3v) is 5.23. The van der Waals surface area contributed by atoms with Gasteiger partial charge in [-0.2, -0.15) is 4.98 Å². The van der Waals surface area contributed by atoms with Crippen molar-refractivity contribution in [3.05, 3.63) is 70.6 Å². The number of aryl methyl sites for hydroxylation is 1. The maximum atomic E-state index is 13.2. The number of hydrogen-bond acceptors (Lipinski definition) is 7. The zero-order valence-corrected chi connectivity index (χ0v) is 17.0. The smallest absolute Gasteiger partial charge is 0.266 e. The fraction of sp³-hybridized carbons (Fsp3) is 0.238. The SMILES string of the molecule is CCOc1ccc(-n2c(SCc3nc(CC)no3)nc3ccccc3c2=O)cc1. The van der Waals surface area contributed by atoms with Crippen molar-refractivity contribution in [2.75, 3.05) is 6.61 Å². The van der Waals surface area contributed by atoms with E-state index in [1.807, 2.05) is 56.3 Å². The molecule has 7 nitrogen and oxygen atoms in total. The van der Waals surface area contributed by atoms with Gasteiger partial charge in [-0.3, -0.25) is 9.36 Å². The molecule has 0 unspecified atom stereocenters. The van der Waals surface area contributed by atoms with Gasteiger partial charge in [0.1, 0.15) is 5.75 Å². The molecule has 2 heterocycles. The van der Waals surface area contributed by atoms with Crippen LogP contribution in [-0.4, -0.2) is 26.3 Å². The molecule has 0 fully saturated rings. The van der Waals surface area contributed by atoms with Crippen LogP contribution in [0.25, 0.3) is 16.6 Å². The molecule has 29 heavy (non-hydrogen) atoms. The largest absolute Gasteiger partial charge is 0.494 e. The molecule has 0 aliphatic heterocycles. The molecule has 0 aliphatic carbocycles. The van der Waals surface area contributed by atoms with Gasteiger partial charge in [0.25, 0.3) is 5.56 Å². The highest BCUT2D eigenvalue weighted by molar-refractivity contribution is 7.98. The first-order valence-electron chi connectivity index (χ1n) is 9.39. The molecule has 2 aromatic carbocycles. The number of para-hydroxylation sites is 1. The van der Waals surface area contributed by atoms with Crippen LogP contribution in [0.2, 0.25) is 0 Å². The molecule has 2 aromatic heterocycles. The van der Waals surface area contributed by atoms with Crippen LogP contribution in [0.5, 0.6) is 5.75 Å². The molecular formula is C21H20N4O3S. The van der Waals surface area contributed by atoms with E-state index >= 15 is 0 Å². The van der Waals surface area contributed by atoms with Gasteiger partial charge >= 0.3 is 0 Å². The summed E-state index contributed by atoms with van der Waals surface area (Å²) >= 11 is 1.39. The van der Waals surface area contributed by atoms with E-state index in [9.17, 15) is 4.79 Å². The fourth-order valence-corrected chi connectivity index (χ4v) is 3.76. The first kappa shape index (κ1) is 19.2. The molecule has 0 spiro atoms. The zero-order chi connectivity index (χ0) is 20.2. The van der Waals surface area contributed by atoms with Crippen molar-refractivity contribution in [2.45, 2.75) is 31.2 Å². The standard InChI is InChI=1S/C21H20N4O3S/c1-3-18-23-19(28-24-18)13-29-21-22-17-8-6-5-7-16(17)20(26)25(21)14-9-11-15(12-10-14)27-4-2/h5-12H,3-4,13H2,1-2H3. The Kier molecular flexibility index (Phi) is 5.62. The van der Waals surface area contributed by atoms with E-state index in [1.54, 1.807) is 10.6 Å². The van der Waals surface area contributed by atoms with E-state index in [1.165, 1.54) is 11.8 Å². The third-order valence-electron chi connectivity index (χ3n) is 4.30. The Hall–Kier alpha value is -3.13. The second-order valence-corrected chi connectivity index (χ2v) is 7.17. The van der Waals surface area contributed by atoms with Crippen LogP contribution in [0.15, 0.2) is 63.0 Å². The molecule has 4 aromatic rings. The van der Waals surface area contributed by atoms with Crippen molar-refractivity contribution < 1.29 is 9.26 Å². The summed E-state index contributed by atoms with van der Waals surface area (Å²) in [6.45, 7) is 4.49. The van der Waals surface area contributed by atoms with Crippen LogP contribution >= 0.6 is 11.8 Å². The van der Waals surface area contributed by atoms with Gasteiger partial charge in [-0.05, 0) is 43.3 Å². The highest BCUT2D eigenvalue weighted by Gasteiger charge is 2.15. The molecule has 0 saturated heterocycles. The van der Waals surface area contributed by atoms with Crippen LogP contribution in [0.3, 0.4) is 0 Å². The van der Waals surface area contributed by atoms with Gasteiger partial charge in [0.15, 0.2) is 11.0 Å². The lowest BCUT2D eigenvalue weighted by atomic mass is 10.2. The average molecular weight is 408 g/mol. The van der Waals surface area contributed by atoms with E-state index < -0.39 is 0 Å². The number of thioether (sulfide) groups is 1. The van der Waals surface area contributed by atoms with Crippen molar-refractivity contribution in [1.82, 2.24) is 19.7 Å². The monoisotopic (exact) mass is 408 g/mol. The third kappa shape index (κ3) is 4.02. The first-order chi connectivity index (χ1) is 14.2. The highest BCUT2D eigenvalue weighted by Crippen LogP contribution is 2.25. The Morgan fingerprint density at radius 3 is 2.59 bits per heavy atom. The van der Waals surface area contributed by atoms with Crippen molar-refractivity contribution in [3.63, 3.8) is 0 Å². The van der Waals surface area contributed by atoms with Gasteiger partial charge in [0.2, 0.25) is 5.89 Å². The van der Waals surface area contributed by atoms with Crippen molar-refractivity contribution in [1.29, 1.82) is 0 Å². The Morgan fingerprint density at radius 2 is 1.86 bits per heavy atom. The second kappa shape index (κ2) is 8.48. The quantitative estimate of drug-likeness (QED) is 0.337. The minimum Gasteiger partial charge on any atom is -0.494 e. The number of benzene rings is 2. The molecular weight excluding hydrogens is 388 g/mol. The Bertz CT molecular complexity index is 1180. The minimum atomic E-state index is -0.123. The number of nitrogens with zero attached hydrogens (tertiary/aromatic N) is 4. The Balaban J connectivity index is 1.76. The summed E-state index contributed by atoms with van der Waals surface area (Å²) in [7, 11) is 0. The van der Waals surface area contributed by atoms with Crippen molar-refractivity contribution in [2.24, 2.45) is 0 Å².